The van der Waals surface area contributed by atoms with Gasteiger partial charge in [0, 0.05) is 5.75 Å². The highest BCUT2D eigenvalue weighted by Gasteiger charge is 2.29. The number of hydrogen-bond acceptors (Lipinski definition) is 9. The molecular formula is C20H30N4O7S2. The lowest BCUT2D eigenvalue weighted by Crippen LogP contribution is -2.58. The summed E-state index contributed by atoms with van der Waals surface area (Å²) >= 11 is 5.51. The molecule has 4 unspecified atom stereocenters. The number of aromatic hydroxyl groups is 1. The van der Waals surface area contributed by atoms with Gasteiger partial charge in [-0.2, -0.15) is 24.4 Å². The molecule has 0 saturated heterocycles. The van der Waals surface area contributed by atoms with Crippen LogP contribution in [0.2, 0.25) is 0 Å². The van der Waals surface area contributed by atoms with Crippen LogP contribution in [-0.2, 0) is 25.6 Å². The highest BCUT2D eigenvalue weighted by Crippen LogP contribution is 2.11. The number of carboxylic acid groups (broad SMARTS) is 1. The minimum atomic E-state index is -1.51. The summed E-state index contributed by atoms with van der Waals surface area (Å²) in [6.45, 7) is -0.807. The summed E-state index contributed by atoms with van der Waals surface area (Å²) < 4.78 is 0. The average molecular weight is 503 g/mol. The van der Waals surface area contributed by atoms with E-state index in [1.165, 1.54) is 23.9 Å². The Morgan fingerprint density at radius 3 is 2.06 bits per heavy atom. The quantitative estimate of drug-likeness (QED) is 0.140. The molecule has 11 nitrogen and oxygen atoms in total. The van der Waals surface area contributed by atoms with Gasteiger partial charge < -0.3 is 37.0 Å². The van der Waals surface area contributed by atoms with Crippen LogP contribution in [0.3, 0.4) is 0 Å². The number of phenolic OH excluding ortho intramolecular Hbond substituents is 1. The molecule has 1 aromatic carbocycles. The van der Waals surface area contributed by atoms with Gasteiger partial charge in [-0.25, -0.2) is 4.79 Å². The average Bonchev–Trinajstić information content (AvgIpc) is 2.79. The zero-order chi connectivity index (χ0) is 25.0. The molecule has 0 aliphatic rings. The van der Waals surface area contributed by atoms with Crippen LogP contribution in [0.25, 0.3) is 0 Å². The van der Waals surface area contributed by atoms with Crippen LogP contribution in [-0.4, -0.2) is 87.5 Å². The van der Waals surface area contributed by atoms with E-state index in [2.05, 4.69) is 28.6 Å². The predicted molar refractivity (Wildman–Crippen MR) is 127 cm³/mol. The van der Waals surface area contributed by atoms with E-state index in [0.717, 1.165) is 0 Å². The number of amides is 3. The molecule has 0 radical (unpaired) electrons. The normalized spacial score (nSPS) is 14.4. The number of nitrogens with one attached hydrogen (secondary N) is 3. The minimum Gasteiger partial charge on any atom is -0.508 e. The highest BCUT2D eigenvalue weighted by atomic mass is 32.2. The van der Waals surface area contributed by atoms with Gasteiger partial charge in [-0.15, -0.1) is 0 Å². The molecule has 0 aromatic heterocycles. The number of phenols is 1. The van der Waals surface area contributed by atoms with Crippen molar-refractivity contribution < 1.29 is 34.5 Å². The number of aliphatic hydroxyl groups excluding tert-OH is 1. The predicted octanol–water partition coefficient (Wildman–Crippen LogP) is -1.52. The van der Waals surface area contributed by atoms with Crippen molar-refractivity contribution in [2.75, 3.05) is 24.4 Å². The van der Waals surface area contributed by atoms with E-state index < -0.39 is 54.5 Å². The molecule has 4 atom stereocenters. The topological polar surface area (TPSA) is 191 Å². The Labute approximate surface area is 201 Å². The number of rotatable bonds is 14. The molecule has 0 saturated carbocycles. The molecule has 33 heavy (non-hydrogen) atoms. The number of aliphatic hydroxyl groups is 1. The second-order valence-electron chi connectivity index (χ2n) is 7.15. The van der Waals surface area contributed by atoms with Crippen LogP contribution in [0.5, 0.6) is 5.75 Å². The Morgan fingerprint density at radius 2 is 1.55 bits per heavy atom. The van der Waals surface area contributed by atoms with Crippen molar-refractivity contribution in [2.24, 2.45) is 5.73 Å². The standard InChI is InChI=1S/C20H30N4O7S2/c1-33-7-6-14(18(28)23-15(9-25)20(30)31)22-19(29)16(10-32)24-17(27)13(21)8-11-2-4-12(26)5-3-11/h2-5,13-16,25-26,32H,6-10,21H2,1H3,(H,22,29)(H,23,28)(H,24,27)(H,30,31). The molecule has 13 heteroatoms. The fourth-order valence-corrected chi connectivity index (χ4v) is 3.41. The Bertz CT molecular complexity index is 810. The number of aliphatic carboxylic acids is 1. The van der Waals surface area contributed by atoms with Gasteiger partial charge in [0.1, 0.15) is 23.9 Å². The van der Waals surface area contributed by atoms with Gasteiger partial charge >= 0.3 is 5.97 Å². The zero-order valence-electron chi connectivity index (χ0n) is 18.1. The fourth-order valence-electron chi connectivity index (χ4n) is 2.69. The lowest BCUT2D eigenvalue weighted by Gasteiger charge is -2.24. The Hall–Kier alpha value is -2.48. The molecule has 0 aliphatic heterocycles. The monoisotopic (exact) mass is 502 g/mol. The number of carbonyl (C=O) groups excluding carboxylic acids is 3. The summed E-state index contributed by atoms with van der Waals surface area (Å²) in [6, 6.07) is 1.53. The van der Waals surface area contributed by atoms with Crippen LogP contribution in [0.1, 0.15) is 12.0 Å². The van der Waals surface area contributed by atoms with E-state index in [4.69, 9.17) is 15.9 Å². The summed E-state index contributed by atoms with van der Waals surface area (Å²) in [5, 5.41) is 34.6. The number of carbonyl (C=O) groups is 4. The molecule has 1 aromatic rings. The van der Waals surface area contributed by atoms with Crippen molar-refractivity contribution in [3.8, 4) is 5.75 Å². The van der Waals surface area contributed by atoms with E-state index in [-0.39, 0.29) is 24.3 Å². The van der Waals surface area contributed by atoms with Crippen LogP contribution in [0.15, 0.2) is 24.3 Å². The summed E-state index contributed by atoms with van der Waals surface area (Å²) in [5.74, 6) is -2.98. The smallest absolute Gasteiger partial charge is 0.328 e. The molecule has 0 fully saturated rings. The lowest BCUT2D eigenvalue weighted by molar-refractivity contribution is -0.143. The van der Waals surface area contributed by atoms with Crippen molar-refractivity contribution in [1.29, 1.82) is 0 Å². The minimum absolute atomic E-state index is 0.0746. The van der Waals surface area contributed by atoms with E-state index in [1.54, 1.807) is 18.4 Å². The van der Waals surface area contributed by atoms with E-state index in [1.807, 2.05) is 0 Å². The lowest BCUT2D eigenvalue weighted by atomic mass is 10.1. The van der Waals surface area contributed by atoms with Crippen molar-refractivity contribution in [1.82, 2.24) is 16.0 Å². The summed E-state index contributed by atoms with van der Waals surface area (Å²) in [6.07, 6.45) is 2.17. The number of benzene rings is 1. The molecule has 8 N–H and O–H groups in total. The maximum atomic E-state index is 12.7. The second kappa shape index (κ2) is 14.6. The fraction of sp³-hybridized carbons (Fsp3) is 0.500. The maximum absolute atomic E-state index is 12.7. The van der Waals surface area contributed by atoms with Gasteiger partial charge in [-0.3, -0.25) is 14.4 Å². The number of thiol groups is 1. The van der Waals surface area contributed by atoms with Gasteiger partial charge in [0.15, 0.2) is 0 Å². The first kappa shape index (κ1) is 28.6. The first-order valence-electron chi connectivity index (χ1n) is 10.0. The van der Waals surface area contributed by atoms with Crippen LogP contribution < -0.4 is 21.7 Å². The Kier molecular flexibility index (Phi) is 12.7. The third-order valence-electron chi connectivity index (χ3n) is 4.59. The molecule has 0 bridgehead atoms. The molecule has 0 aliphatic carbocycles. The summed E-state index contributed by atoms with van der Waals surface area (Å²) in [4.78, 5) is 48.7. The van der Waals surface area contributed by atoms with E-state index in [9.17, 15) is 24.3 Å². The Morgan fingerprint density at radius 1 is 1.00 bits per heavy atom. The van der Waals surface area contributed by atoms with E-state index >= 15 is 0 Å². The summed E-state index contributed by atoms with van der Waals surface area (Å²) in [7, 11) is 0. The Balaban J connectivity index is 2.77. The van der Waals surface area contributed by atoms with Crippen molar-refractivity contribution in [3.63, 3.8) is 0 Å². The first-order chi connectivity index (χ1) is 15.6. The van der Waals surface area contributed by atoms with Gasteiger partial charge in [-0.05, 0) is 42.5 Å². The van der Waals surface area contributed by atoms with Gasteiger partial charge in [0.2, 0.25) is 17.7 Å². The maximum Gasteiger partial charge on any atom is 0.328 e. The molecular weight excluding hydrogens is 472 g/mol. The molecule has 3 amide bonds. The number of carboxylic acids is 1. The molecule has 1 rings (SSSR count). The molecule has 184 valence electrons. The van der Waals surface area contributed by atoms with Crippen molar-refractivity contribution >= 4 is 48.1 Å². The summed E-state index contributed by atoms with van der Waals surface area (Å²) in [5.41, 5.74) is 6.64. The van der Waals surface area contributed by atoms with Crippen molar-refractivity contribution in [2.45, 2.75) is 37.0 Å². The highest BCUT2D eigenvalue weighted by molar-refractivity contribution is 7.98. The van der Waals surface area contributed by atoms with Crippen LogP contribution in [0, 0.1) is 0 Å². The van der Waals surface area contributed by atoms with Crippen LogP contribution in [0.4, 0.5) is 0 Å². The van der Waals surface area contributed by atoms with Crippen molar-refractivity contribution in [3.05, 3.63) is 29.8 Å². The van der Waals surface area contributed by atoms with Gasteiger partial charge in [-0.1, -0.05) is 12.1 Å². The second-order valence-corrected chi connectivity index (χ2v) is 8.50. The number of thioether (sulfide) groups is 1. The molecule has 0 spiro atoms. The molecule has 0 heterocycles. The third-order valence-corrected chi connectivity index (χ3v) is 5.59. The van der Waals surface area contributed by atoms with E-state index in [0.29, 0.717) is 11.3 Å². The van der Waals surface area contributed by atoms with Crippen LogP contribution >= 0.6 is 24.4 Å². The zero-order valence-corrected chi connectivity index (χ0v) is 19.8. The SMILES string of the molecule is CSCCC(NC(=O)C(CS)NC(=O)C(N)Cc1ccc(O)cc1)C(=O)NC(CO)C(=O)O. The van der Waals surface area contributed by atoms with Gasteiger partial charge in [0.25, 0.3) is 0 Å². The number of hydrogen-bond donors (Lipinski definition) is 8. The number of nitrogens with two attached hydrogens (primary N) is 1. The third kappa shape index (κ3) is 9.90. The first-order valence-corrected chi connectivity index (χ1v) is 12.0. The largest absolute Gasteiger partial charge is 0.508 e. The van der Waals surface area contributed by atoms with Gasteiger partial charge in [0.05, 0.1) is 12.6 Å².